The number of pyridine rings is 1. The summed E-state index contributed by atoms with van der Waals surface area (Å²) in [6.07, 6.45) is 1.76. The molecule has 1 aliphatic rings. The zero-order chi connectivity index (χ0) is 13.9. The van der Waals surface area contributed by atoms with Crippen molar-refractivity contribution in [2.24, 2.45) is 4.99 Å². The molecule has 1 aromatic heterocycles. The highest BCUT2D eigenvalue weighted by Gasteiger charge is 2.20. The minimum absolute atomic E-state index is 0.0445. The van der Waals surface area contributed by atoms with Gasteiger partial charge in [0.25, 0.3) is 0 Å². The van der Waals surface area contributed by atoms with Gasteiger partial charge in [0.05, 0.1) is 11.4 Å². The molecule has 3 rings (SSSR count). The van der Waals surface area contributed by atoms with Gasteiger partial charge in [0.2, 0.25) is 0 Å². The van der Waals surface area contributed by atoms with E-state index in [4.69, 9.17) is 4.99 Å². The number of aromatic nitrogens is 1. The Balaban J connectivity index is 2.04. The fourth-order valence-electron chi connectivity index (χ4n) is 2.30. The van der Waals surface area contributed by atoms with Crippen LogP contribution in [0.4, 0.5) is 0 Å². The fraction of sp³-hybridized carbons (Fsp3) is 0.176. The third-order valence-electron chi connectivity index (χ3n) is 3.55. The predicted octanol–water partition coefficient (Wildman–Crippen LogP) is 3.47. The van der Waals surface area contributed by atoms with Crippen molar-refractivity contribution in [3.8, 4) is 0 Å². The van der Waals surface area contributed by atoms with Crippen molar-refractivity contribution in [2.45, 2.75) is 20.0 Å². The van der Waals surface area contributed by atoms with Gasteiger partial charge in [0.15, 0.2) is 0 Å². The van der Waals surface area contributed by atoms with E-state index in [-0.39, 0.29) is 6.17 Å². The van der Waals surface area contributed by atoms with Crippen LogP contribution in [0.15, 0.2) is 71.0 Å². The molecule has 100 valence electrons. The largest absolute Gasteiger partial charge is 0.363 e. The smallest absolute Gasteiger partial charge is 0.145 e. The second-order valence-corrected chi connectivity index (χ2v) is 4.90. The maximum absolute atomic E-state index is 4.84. The maximum Gasteiger partial charge on any atom is 0.145 e. The lowest BCUT2D eigenvalue weighted by Gasteiger charge is -2.25. The Morgan fingerprint density at radius 3 is 2.40 bits per heavy atom. The van der Waals surface area contributed by atoms with Gasteiger partial charge in [-0.2, -0.15) is 0 Å². The molecule has 2 aromatic rings. The summed E-state index contributed by atoms with van der Waals surface area (Å²) >= 11 is 0. The first-order chi connectivity index (χ1) is 9.75. The SMILES string of the molecule is CC1=C(C)C(c2ccccn2)=NC(c2ccccc2)N1. The maximum atomic E-state index is 4.84. The molecule has 2 heterocycles. The summed E-state index contributed by atoms with van der Waals surface area (Å²) in [7, 11) is 0. The van der Waals surface area contributed by atoms with Crippen LogP contribution >= 0.6 is 0 Å². The van der Waals surface area contributed by atoms with Gasteiger partial charge < -0.3 is 5.32 Å². The first kappa shape index (κ1) is 12.6. The fourth-order valence-corrected chi connectivity index (χ4v) is 2.30. The first-order valence-electron chi connectivity index (χ1n) is 6.74. The lowest BCUT2D eigenvalue weighted by molar-refractivity contribution is 0.613. The Bertz CT molecular complexity index is 657. The van der Waals surface area contributed by atoms with Gasteiger partial charge in [-0.25, -0.2) is 0 Å². The molecule has 3 heteroatoms. The predicted molar refractivity (Wildman–Crippen MR) is 81.5 cm³/mol. The number of nitrogens with zero attached hydrogens (tertiary/aromatic N) is 2. The summed E-state index contributed by atoms with van der Waals surface area (Å²) in [6, 6.07) is 16.2. The molecule has 0 amide bonds. The number of hydrogen-bond acceptors (Lipinski definition) is 3. The van der Waals surface area contributed by atoms with E-state index in [9.17, 15) is 0 Å². The number of benzene rings is 1. The summed E-state index contributed by atoms with van der Waals surface area (Å²) < 4.78 is 0. The second kappa shape index (κ2) is 5.29. The monoisotopic (exact) mass is 263 g/mol. The topological polar surface area (TPSA) is 37.3 Å². The van der Waals surface area contributed by atoms with Crippen molar-refractivity contribution in [1.82, 2.24) is 10.3 Å². The minimum atomic E-state index is -0.0445. The minimum Gasteiger partial charge on any atom is -0.363 e. The lowest BCUT2D eigenvalue weighted by Crippen LogP contribution is -2.27. The van der Waals surface area contributed by atoms with Crippen LogP contribution in [-0.4, -0.2) is 10.7 Å². The van der Waals surface area contributed by atoms with Crippen molar-refractivity contribution in [1.29, 1.82) is 0 Å². The summed E-state index contributed by atoms with van der Waals surface area (Å²) in [5.74, 6) is 0. The highest BCUT2D eigenvalue weighted by Crippen LogP contribution is 2.24. The standard InChI is InChI=1S/C17H17N3/c1-12-13(2)19-17(14-8-4-3-5-9-14)20-16(12)15-10-6-7-11-18-15/h3-11,17,19H,1-2H3. The highest BCUT2D eigenvalue weighted by molar-refractivity contribution is 6.11. The average Bonchev–Trinajstić information content (AvgIpc) is 2.51. The first-order valence-corrected chi connectivity index (χ1v) is 6.74. The summed E-state index contributed by atoms with van der Waals surface area (Å²) in [5, 5.41) is 3.45. The van der Waals surface area contributed by atoms with Crippen LogP contribution in [0.5, 0.6) is 0 Å². The molecule has 1 unspecified atom stereocenters. The van der Waals surface area contributed by atoms with Gasteiger partial charge in [-0.15, -0.1) is 0 Å². The molecule has 0 fully saturated rings. The molecule has 1 aliphatic heterocycles. The normalized spacial score (nSPS) is 18.5. The highest BCUT2D eigenvalue weighted by atomic mass is 15.1. The summed E-state index contributed by atoms with van der Waals surface area (Å²) in [6.45, 7) is 4.17. The van der Waals surface area contributed by atoms with Crippen LogP contribution in [0.3, 0.4) is 0 Å². The van der Waals surface area contributed by atoms with E-state index >= 15 is 0 Å². The van der Waals surface area contributed by atoms with Crippen LogP contribution in [0.1, 0.15) is 31.3 Å². The lowest BCUT2D eigenvalue weighted by atomic mass is 10.0. The number of rotatable bonds is 2. The van der Waals surface area contributed by atoms with Gasteiger partial charge in [-0.05, 0) is 37.1 Å². The van der Waals surface area contributed by atoms with E-state index in [1.807, 2.05) is 36.4 Å². The van der Waals surface area contributed by atoms with E-state index in [1.54, 1.807) is 6.20 Å². The van der Waals surface area contributed by atoms with Crippen LogP contribution in [0.25, 0.3) is 0 Å². The molecule has 1 atom stereocenters. The summed E-state index contributed by atoms with van der Waals surface area (Å²) in [5.41, 5.74) is 5.35. The Labute approximate surface area is 119 Å². The van der Waals surface area contributed by atoms with E-state index in [0.29, 0.717) is 0 Å². The van der Waals surface area contributed by atoms with Gasteiger partial charge in [0, 0.05) is 11.9 Å². The molecule has 0 radical (unpaired) electrons. The Morgan fingerprint density at radius 1 is 0.950 bits per heavy atom. The molecular weight excluding hydrogens is 246 g/mol. The van der Waals surface area contributed by atoms with Crippen molar-refractivity contribution in [3.63, 3.8) is 0 Å². The van der Waals surface area contributed by atoms with Crippen molar-refractivity contribution in [2.75, 3.05) is 0 Å². The zero-order valence-corrected chi connectivity index (χ0v) is 11.7. The average molecular weight is 263 g/mol. The number of allylic oxidation sites excluding steroid dienone is 2. The molecule has 0 spiro atoms. The van der Waals surface area contributed by atoms with Crippen LogP contribution < -0.4 is 5.32 Å². The van der Waals surface area contributed by atoms with Gasteiger partial charge in [-0.1, -0.05) is 36.4 Å². The Kier molecular flexibility index (Phi) is 3.33. The Hall–Kier alpha value is -2.42. The molecule has 0 aliphatic carbocycles. The molecule has 0 saturated carbocycles. The third kappa shape index (κ3) is 2.35. The van der Waals surface area contributed by atoms with Crippen molar-refractivity contribution in [3.05, 3.63) is 77.3 Å². The number of aliphatic imine (C=N–C) groups is 1. The van der Waals surface area contributed by atoms with Crippen LogP contribution in [0.2, 0.25) is 0 Å². The molecule has 3 nitrogen and oxygen atoms in total. The van der Waals surface area contributed by atoms with Gasteiger partial charge in [0.1, 0.15) is 6.17 Å². The second-order valence-electron chi connectivity index (χ2n) is 4.90. The van der Waals surface area contributed by atoms with Gasteiger partial charge in [-0.3, -0.25) is 9.98 Å². The molecule has 0 saturated heterocycles. The van der Waals surface area contributed by atoms with E-state index < -0.39 is 0 Å². The van der Waals surface area contributed by atoms with E-state index in [2.05, 4.69) is 36.3 Å². The van der Waals surface area contributed by atoms with Crippen LogP contribution in [-0.2, 0) is 0 Å². The Morgan fingerprint density at radius 2 is 1.70 bits per heavy atom. The summed E-state index contributed by atoms with van der Waals surface area (Å²) in [4.78, 5) is 9.26. The molecule has 1 aromatic carbocycles. The number of hydrogen-bond donors (Lipinski definition) is 1. The van der Waals surface area contributed by atoms with Crippen LogP contribution in [0, 0.1) is 0 Å². The van der Waals surface area contributed by atoms with E-state index in [1.165, 1.54) is 0 Å². The molecule has 0 bridgehead atoms. The zero-order valence-electron chi connectivity index (χ0n) is 11.7. The van der Waals surface area contributed by atoms with Gasteiger partial charge >= 0.3 is 0 Å². The molecule has 20 heavy (non-hydrogen) atoms. The number of nitrogens with one attached hydrogen (secondary N) is 1. The van der Waals surface area contributed by atoms with Crippen molar-refractivity contribution < 1.29 is 0 Å². The van der Waals surface area contributed by atoms with Crippen molar-refractivity contribution >= 4 is 5.71 Å². The van der Waals surface area contributed by atoms with E-state index in [0.717, 1.165) is 28.2 Å². The molecular formula is C17H17N3. The quantitative estimate of drug-likeness (QED) is 0.900. The third-order valence-corrected chi connectivity index (χ3v) is 3.55. The molecule has 1 N–H and O–H groups in total.